The van der Waals surface area contributed by atoms with Gasteiger partial charge in [0.05, 0.1) is 18.4 Å². The molecule has 0 radical (unpaired) electrons. The van der Waals surface area contributed by atoms with Crippen LogP contribution in [0, 0.1) is 0 Å². The van der Waals surface area contributed by atoms with E-state index in [-0.39, 0.29) is 0 Å². The fraction of sp³-hybridized carbons (Fsp3) is 0.500. The highest BCUT2D eigenvalue weighted by Gasteiger charge is 2.31. The van der Waals surface area contributed by atoms with Gasteiger partial charge in [0.1, 0.15) is 5.25 Å². The second-order valence-corrected chi connectivity index (χ2v) is 5.94. The number of rotatable bonds is 6. The third-order valence-electron chi connectivity index (χ3n) is 1.43. The molecule has 0 aromatic carbocycles. The van der Waals surface area contributed by atoms with Crippen LogP contribution < -0.4 is 0 Å². The highest BCUT2D eigenvalue weighted by Crippen LogP contribution is 2.08. The quantitative estimate of drug-likeness (QED) is 0.365. The van der Waals surface area contributed by atoms with Crippen LogP contribution >= 0.6 is 0 Å². The lowest BCUT2D eigenvalue weighted by Crippen LogP contribution is -2.31. The minimum atomic E-state index is -4.79. The molecule has 10 heteroatoms. The zero-order chi connectivity index (χ0) is 13.0. The van der Waals surface area contributed by atoms with Crippen molar-refractivity contribution < 1.29 is 35.5 Å². The summed E-state index contributed by atoms with van der Waals surface area (Å²) in [6.45, 7) is 3.02. The van der Waals surface area contributed by atoms with Gasteiger partial charge in [0.2, 0.25) is 0 Å². The van der Waals surface area contributed by atoms with Crippen molar-refractivity contribution in [3.8, 4) is 0 Å². The van der Waals surface area contributed by atoms with E-state index in [4.69, 9.17) is 9.11 Å². The van der Waals surface area contributed by atoms with Crippen LogP contribution in [0.2, 0.25) is 0 Å². The van der Waals surface area contributed by atoms with Crippen LogP contribution in [-0.2, 0) is 29.8 Å². The van der Waals surface area contributed by atoms with Gasteiger partial charge in [-0.2, -0.15) is 16.8 Å². The standard InChI is InChI=1S/C6H10O8S2/c1-2-14-6(7)3-5(16(11,12)13)4-15(8,9)10/h2,5H,1,3-4H2,(H,8,9,10)(H,11,12,13). The summed E-state index contributed by atoms with van der Waals surface area (Å²) in [5, 5.41) is -1.98. The number of carbonyl (C=O) groups is 1. The van der Waals surface area contributed by atoms with Crippen LogP contribution in [0.4, 0.5) is 0 Å². The Kier molecular flexibility index (Phi) is 5.06. The Hall–Kier alpha value is -0.970. The highest BCUT2D eigenvalue weighted by atomic mass is 32.2. The average molecular weight is 274 g/mol. The summed E-state index contributed by atoms with van der Waals surface area (Å²) in [5.41, 5.74) is 0. The van der Waals surface area contributed by atoms with E-state index in [2.05, 4.69) is 11.3 Å². The van der Waals surface area contributed by atoms with Crippen molar-refractivity contribution in [2.24, 2.45) is 0 Å². The second-order valence-electron chi connectivity index (χ2n) is 2.75. The lowest BCUT2D eigenvalue weighted by atomic mass is 10.3. The normalized spacial score (nSPS) is 14.1. The van der Waals surface area contributed by atoms with E-state index >= 15 is 0 Å². The molecule has 8 nitrogen and oxygen atoms in total. The molecule has 0 aromatic heterocycles. The SMILES string of the molecule is C=COC(=O)CC(CS(=O)(=O)O)S(=O)(=O)O. The van der Waals surface area contributed by atoms with Crippen LogP contribution in [0.5, 0.6) is 0 Å². The van der Waals surface area contributed by atoms with Crippen molar-refractivity contribution in [1.29, 1.82) is 0 Å². The fourth-order valence-corrected chi connectivity index (χ4v) is 2.95. The molecule has 16 heavy (non-hydrogen) atoms. The maximum absolute atomic E-state index is 10.8. The van der Waals surface area contributed by atoms with E-state index in [1.807, 2.05) is 0 Å². The van der Waals surface area contributed by atoms with Gasteiger partial charge in [0.25, 0.3) is 20.2 Å². The lowest BCUT2D eigenvalue weighted by Gasteiger charge is -2.10. The molecule has 0 aromatic rings. The van der Waals surface area contributed by atoms with E-state index in [1.54, 1.807) is 0 Å². The number of hydrogen-bond donors (Lipinski definition) is 2. The summed E-state index contributed by atoms with van der Waals surface area (Å²) in [6.07, 6.45) is -0.193. The first-order valence-electron chi connectivity index (χ1n) is 3.78. The first-order chi connectivity index (χ1) is 7.06. The lowest BCUT2D eigenvalue weighted by molar-refractivity contribution is -0.137. The molecule has 0 amide bonds. The minimum absolute atomic E-state index is 0.719. The summed E-state index contributed by atoms with van der Waals surface area (Å²) in [6, 6.07) is 0. The van der Waals surface area contributed by atoms with Crippen molar-refractivity contribution in [3.63, 3.8) is 0 Å². The van der Waals surface area contributed by atoms with Crippen LogP contribution in [0.25, 0.3) is 0 Å². The molecule has 94 valence electrons. The predicted octanol–water partition coefficient (Wildman–Crippen LogP) is -0.793. The Labute approximate surface area is 92.4 Å². The third-order valence-corrected chi connectivity index (χ3v) is 3.64. The average Bonchev–Trinajstić information content (AvgIpc) is 1.98. The second kappa shape index (κ2) is 5.39. The maximum Gasteiger partial charge on any atom is 0.312 e. The molecule has 0 aliphatic rings. The van der Waals surface area contributed by atoms with Gasteiger partial charge >= 0.3 is 5.97 Å². The molecule has 0 rings (SSSR count). The van der Waals surface area contributed by atoms with E-state index in [9.17, 15) is 21.6 Å². The molecule has 0 aliphatic carbocycles. The molecule has 0 spiro atoms. The summed E-state index contributed by atoms with van der Waals surface area (Å²) in [5.74, 6) is -2.39. The van der Waals surface area contributed by atoms with Gasteiger partial charge in [-0.1, -0.05) is 6.58 Å². The summed E-state index contributed by atoms with van der Waals surface area (Å²) >= 11 is 0. The van der Waals surface area contributed by atoms with Crippen molar-refractivity contribution in [2.75, 3.05) is 5.75 Å². The molecule has 0 saturated carbocycles. The van der Waals surface area contributed by atoms with Gasteiger partial charge in [0.15, 0.2) is 0 Å². The number of hydrogen-bond acceptors (Lipinski definition) is 6. The van der Waals surface area contributed by atoms with E-state index in [1.165, 1.54) is 0 Å². The van der Waals surface area contributed by atoms with E-state index in [0.29, 0.717) is 0 Å². The Bertz CT molecular complexity index is 459. The van der Waals surface area contributed by atoms with Crippen molar-refractivity contribution in [1.82, 2.24) is 0 Å². The summed E-state index contributed by atoms with van der Waals surface area (Å²) in [7, 11) is -9.43. The fourth-order valence-electron chi connectivity index (χ4n) is 0.812. The van der Waals surface area contributed by atoms with Gasteiger partial charge in [-0.25, -0.2) is 0 Å². The zero-order valence-electron chi connectivity index (χ0n) is 7.94. The Balaban J connectivity index is 4.85. The van der Waals surface area contributed by atoms with Crippen LogP contribution in [0.15, 0.2) is 12.8 Å². The molecule has 1 unspecified atom stereocenters. The Morgan fingerprint density at radius 3 is 2.12 bits per heavy atom. The van der Waals surface area contributed by atoms with Gasteiger partial charge < -0.3 is 4.74 Å². The van der Waals surface area contributed by atoms with Crippen molar-refractivity contribution in [2.45, 2.75) is 11.7 Å². The van der Waals surface area contributed by atoms with Gasteiger partial charge in [-0.05, 0) is 0 Å². The topological polar surface area (TPSA) is 135 Å². The summed E-state index contributed by atoms with van der Waals surface area (Å²) < 4.78 is 63.5. The molecule has 0 saturated heterocycles. The minimum Gasteiger partial charge on any atom is -0.435 e. The number of esters is 1. The Morgan fingerprint density at radius 1 is 1.31 bits per heavy atom. The molecule has 0 fully saturated rings. The van der Waals surface area contributed by atoms with E-state index in [0.717, 1.165) is 6.26 Å². The molecular formula is C6H10O8S2. The first kappa shape index (κ1) is 15.0. The van der Waals surface area contributed by atoms with Gasteiger partial charge in [-0.3, -0.25) is 13.9 Å². The van der Waals surface area contributed by atoms with Crippen molar-refractivity contribution in [3.05, 3.63) is 12.8 Å². The molecular weight excluding hydrogens is 264 g/mol. The van der Waals surface area contributed by atoms with Crippen LogP contribution in [0.3, 0.4) is 0 Å². The predicted molar refractivity (Wildman–Crippen MR) is 52.7 cm³/mol. The maximum atomic E-state index is 10.8. The highest BCUT2D eigenvalue weighted by molar-refractivity contribution is 7.90. The zero-order valence-corrected chi connectivity index (χ0v) is 9.57. The number of ether oxygens (including phenoxy) is 1. The molecule has 1 atom stereocenters. The van der Waals surface area contributed by atoms with Gasteiger partial charge in [-0.15, -0.1) is 0 Å². The number of carbonyl (C=O) groups excluding carboxylic acids is 1. The summed E-state index contributed by atoms with van der Waals surface area (Å²) in [4.78, 5) is 10.8. The molecule has 0 bridgehead atoms. The molecule has 0 aliphatic heterocycles. The van der Waals surface area contributed by atoms with Crippen LogP contribution in [-0.4, -0.2) is 42.9 Å². The van der Waals surface area contributed by atoms with E-state index < -0.39 is 43.6 Å². The molecule has 2 N–H and O–H groups in total. The Morgan fingerprint density at radius 2 is 1.81 bits per heavy atom. The largest absolute Gasteiger partial charge is 0.435 e. The van der Waals surface area contributed by atoms with Crippen molar-refractivity contribution >= 4 is 26.2 Å². The van der Waals surface area contributed by atoms with Gasteiger partial charge in [0, 0.05) is 0 Å². The molecule has 0 heterocycles. The van der Waals surface area contributed by atoms with Crippen LogP contribution in [0.1, 0.15) is 6.42 Å². The smallest absolute Gasteiger partial charge is 0.312 e. The first-order valence-corrected chi connectivity index (χ1v) is 6.89. The third kappa shape index (κ3) is 6.50. The monoisotopic (exact) mass is 274 g/mol.